The van der Waals surface area contributed by atoms with Gasteiger partial charge in [0.05, 0.1) is 5.92 Å². The fraction of sp³-hybridized carbons (Fsp3) is 0.0400. The average Bonchev–Trinajstić information content (AvgIpc) is 2.73. The molecule has 0 aliphatic rings. The molecule has 0 radical (unpaired) electrons. The fourth-order valence-electron chi connectivity index (χ4n) is 3.56. The van der Waals surface area contributed by atoms with E-state index in [1.165, 1.54) is 5.39 Å². The lowest BCUT2D eigenvalue weighted by molar-refractivity contribution is -0.118. The standard InChI is InChI=1S/C25H21N3O/c26-25(27)28-24(29)23(22-11-5-9-19-7-3-4-10-21(19)22)15-13-17-12-14-18-6-1-2-8-20(18)16-17/h1-16,23H,(H4,26,27,28,29)/b15-13+. The minimum Gasteiger partial charge on any atom is -0.370 e. The van der Waals surface area contributed by atoms with E-state index in [0.717, 1.165) is 27.3 Å². The van der Waals surface area contributed by atoms with Crippen molar-refractivity contribution in [2.24, 2.45) is 16.5 Å². The van der Waals surface area contributed by atoms with Crippen LogP contribution in [0.5, 0.6) is 0 Å². The first-order valence-corrected chi connectivity index (χ1v) is 9.40. The molecule has 142 valence electrons. The van der Waals surface area contributed by atoms with Gasteiger partial charge < -0.3 is 11.5 Å². The first-order chi connectivity index (χ1) is 14.1. The molecular formula is C25H21N3O. The number of nitrogens with two attached hydrogens (primary N) is 2. The molecule has 0 saturated carbocycles. The second-order valence-electron chi connectivity index (χ2n) is 6.89. The van der Waals surface area contributed by atoms with Gasteiger partial charge in [-0.25, -0.2) is 0 Å². The van der Waals surface area contributed by atoms with Gasteiger partial charge in [0.2, 0.25) is 0 Å². The van der Waals surface area contributed by atoms with Crippen LogP contribution in [0.1, 0.15) is 17.0 Å². The second kappa shape index (κ2) is 7.98. The molecule has 4 nitrogen and oxygen atoms in total. The molecule has 4 rings (SSSR count). The summed E-state index contributed by atoms with van der Waals surface area (Å²) in [5, 5.41) is 4.38. The molecule has 1 atom stereocenters. The van der Waals surface area contributed by atoms with Crippen LogP contribution in [0.3, 0.4) is 0 Å². The van der Waals surface area contributed by atoms with E-state index < -0.39 is 11.8 Å². The van der Waals surface area contributed by atoms with E-state index in [1.54, 1.807) is 0 Å². The minimum absolute atomic E-state index is 0.237. The first-order valence-electron chi connectivity index (χ1n) is 9.40. The average molecular weight is 379 g/mol. The zero-order valence-corrected chi connectivity index (χ0v) is 15.8. The molecule has 4 aromatic rings. The Hall–Kier alpha value is -3.92. The molecule has 4 heteroatoms. The van der Waals surface area contributed by atoms with Crippen LogP contribution < -0.4 is 11.5 Å². The number of fused-ring (bicyclic) bond motifs is 2. The van der Waals surface area contributed by atoms with E-state index in [9.17, 15) is 4.79 Å². The minimum atomic E-state index is -0.588. The Bertz CT molecular complexity index is 1250. The first kappa shape index (κ1) is 18.4. The molecule has 0 aliphatic carbocycles. The molecule has 1 amide bonds. The number of amides is 1. The maximum Gasteiger partial charge on any atom is 0.260 e. The second-order valence-corrected chi connectivity index (χ2v) is 6.89. The predicted molar refractivity (Wildman–Crippen MR) is 120 cm³/mol. The van der Waals surface area contributed by atoms with Gasteiger partial charge in [0.25, 0.3) is 5.91 Å². The van der Waals surface area contributed by atoms with E-state index in [-0.39, 0.29) is 5.96 Å². The van der Waals surface area contributed by atoms with E-state index >= 15 is 0 Å². The lowest BCUT2D eigenvalue weighted by Gasteiger charge is -2.13. The van der Waals surface area contributed by atoms with E-state index in [1.807, 2.05) is 72.8 Å². The number of rotatable bonds is 4. The van der Waals surface area contributed by atoms with Gasteiger partial charge in [-0.05, 0) is 38.7 Å². The fourth-order valence-corrected chi connectivity index (χ4v) is 3.56. The SMILES string of the molecule is NC(N)=NC(=O)C(/C=C/c1ccc2ccccc2c1)c1cccc2ccccc12. The Morgan fingerprint density at radius 1 is 0.793 bits per heavy atom. The number of benzene rings is 4. The normalized spacial score (nSPS) is 12.3. The summed E-state index contributed by atoms with van der Waals surface area (Å²) in [7, 11) is 0. The summed E-state index contributed by atoms with van der Waals surface area (Å²) in [5.41, 5.74) is 12.8. The van der Waals surface area contributed by atoms with E-state index in [4.69, 9.17) is 11.5 Å². The van der Waals surface area contributed by atoms with Crippen LogP contribution in [-0.2, 0) is 4.79 Å². The Morgan fingerprint density at radius 3 is 2.28 bits per heavy atom. The number of carbonyl (C=O) groups is 1. The Balaban J connectivity index is 1.78. The molecule has 0 spiro atoms. The van der Waals surface area contributed by atoms with Crippen molar-refractivity contribution in [1.82, 2.24) is 0 Å². The number of nitrogens with zero attached hydrogens (tertiary/aromatic N) is 1. The number of hydrogen-bond donors (Lipinski definition) is 2. The van der Waals surface area contributed by atoms with Crippen molar-refractivity contribution in [3.63, 3.8) is 0 Å². The van der Waals surface area contributed by atoms with Crippen molar-refractivity contribution in [3.05, 3.63) is 102 Å². The summed E-state index contributed by atoms with van der Waals surface area (Å²) in [5.74, 6) is -1.22. The molecule has 0 aromatic heterocycles. The largest absolute Gasteiger partial charge is 0.370 e. The highest BCUT2D eigenvalue weighted by Gasteiger charge is 2.19. The maximum atomic E-state index is 12.8. The highest BCUT2D eigenvalue weighted by atomic mass is 16.1. The smallest absolute Gasteiger partial charge is 0.260 e. The molecule has 0 saturated heterocycles. The van der Waals surface area contributed by atoms with Crippen LogP contribution in [0.25, 0.3) is 27.6 Å². The van der Waals surface area contributed by atoms with Gasteiger partial charge in [-0.3, -0.25) is 4.79 Å². The van der Waals surface area contributed by atoms with Crippen molar-refractivity contribution in [2.45, 2.75) is 5.92 Å². The van der Waals surface area contributed by atoms with Crippen LogP contribution in [-0.4, -0.2) is 11.9 Å². The number of carbonyl (C=O) groups excluding carboxylic acids is 1. The summed E-state index contributed by atoms with van der Waals surface area (Å²) in [4.78, 5) is 16.6. The highest BCUT2D eigenvalue weighted by Crippen LogP contribution is 2.29. The van der Waals surface area contributed by atoms with Crippen LogP contribution in [0, 0.1) is 0 Å². The maximum absolute atomic E-state index is 12.8. The molecule has 1 unspecified atom stereocenters. The van der Waals surface area contributed by atoms with Crippen molar-refractivity contribution >= 4 is 39.5 Å². The van der Waals surface area contributed by atoms with Gasteiger partial charge in [-0.1, -0.05) is 91.0 Å². The van der Waals surface area contributed by atoms with Crippen LogP contribution in [0.15, 0.2) is 96.0 Å². The van der Waals surface area contributed by atoms with Gasteiger partial charge in [-0.15, -0.1) is 0 Å². The number of hydrogen-bond acceptors (Lipinski definition) is 1. The summed E-state index contributed by atoms with van der Waals surface area (Å²) < 4.78 is 0. The summed E-state index contributed by atoms with van der Waals surface area (Å²) in [6.07, 6.45) is 3.81. The zero-order chi connectivity index (χ0) is 20.2. The molecular weight excluding hydrogens is 358 g/mol. The zero-order valence-electron chi connectivity index (χ0n) is 15.8. The Kier molecular flexibility index (Phi) is 5.08. The van der Waals surface area contributed by atoms with Crippen LogP contribution >= 0.6 is 0 Å². The van der Waals surface area contributed by atoms with E-state index in [2.05, 4.69) is 29.3 Å². The lowest BCUT2D eigenvalue weighted by atomic mass is 9.92. The number of guanidine groups is 1. The summed E-state index contributed by atoms with van der Waals surface area (Å²) in [6.45, 7) is 0. The topological polar surface area (TPSA) is 81.5 Å². The van der Waals surface area contributed by atoms with Gasteiger partial charge in [0.15, 0.2) is 5.96 Å². The quantitative estimate of drug-likeness (QED) is 0.402. The molecule has 0 bridgehead atoms. The van der Waals surface area contributed by atoms with Crippen LogP contribution in [0.2, 0.25) is 0 Å². The monoisotopic (exact) mass is 379 g/mol. The molecule has 4 aromatic carbocycles. The summed E-state index contributed by atoms with van der Waals surface area (Å²) >= 11 is 0. The predicted octanol–water partition coefficient (Wildman–Crippen LogP) is 4.59. The van der Waals surface area contributed by atoms with Crippen LogP contribution in [0.4, 0.5) is 0 Å². The van der Waals surface area contributed by atoms with Crippen molar-refractivity contribution in [2.75, 3.05) is 0 Å². The Labute approximate surface area is 169 Å². The highest BCUT2D eigenvalue weighted by molar-refractivity contribution is 6.00. The third-order valence-electron chi connectivity index (χ3n) is 4.92. The molecule has 29 heavy (non-hydrogen) atoms. The van der Waals surface area contributed by atoms with E-state index in [0.29, 0.717) is 0 Å². The molecule has 0 fully saturated rings. The molecule has 0 heterocycles. The Morgan fingerprint density at radius 2 is 1.48 bits per heavy atom. The third kappa shape index (κ3) is 4.01. The number of aliphatic imine (C=N–C) groups is 1. The third-order valence-corrected chi connectivity index (χ3v) is 4.92. The molecule has 0 aliphatic heterocycles. The van der Waals surface area contributed by atoms with Gasteiger partial charge in [0, 0.05) is 0 Å². The van der Waals surface area contributed by atoms with Gasteiger partial charge in [-0.2, -0.15) is 4.99 Å². The van der Waals surface area contributed by atoms with Crippen molar-refractivity contribution in [3.8, 4) is 0 Å². The van der Waals surface area contributed by atoms with Gasteiger partial charge >= 0.3 is 0 Å². The van der Waals surface area contributed by atoms with Gasteiger partial charge in [0.1, 0.15) is 0 Å². The summed E-state index contributed by atoms with van der Waals surface area (Å²) in [6, 6.07) is 28.2. The lowest BCUT2D eigenvalue weighted by Crippen LogP contribution is -2.25. The van der Waals surface area contributed by atoms with Crippen molar-refractivity contribution in [1.29, 1.82) is 0 Å². The van der Waals surface area contributed by atoms with Crippen molar-refractivity contribution < 1.29 is 4.79 Å². The molecule has 4 N–H and O–H groups in total.